The predicted molar refractivity (Wildman–Crippen MR) is 85.9 cm³/mol. The number of phenols is 2. The number of carboxylic acids is 2. The number of hydrogen-bond donors (Lipinski definition) is 4. The lowest BCUT2D eigenvalue weighted by molar-refractivity contribution is -0.135. The second-order valence-electron chi connectivity index (χ2n) is 4.41. The zero-order chi connectivity index (χ0) is 17.0. The number of hydrogen-bond acceptors (Lipinski definition) is 5. The predicted octanol–water partition coefficient (Wildman–Crippen LogP) is 1.81. The lowest BCUT2D eigenvalue weighted by atomic mass is 10.1. The molecule has 1 aromatic carbocycles. The Bertz CT molecular complexity index is 431. The van der Waals surface area contributed by atoms with Crippen molar-refractivity contribution in [1.82, 2.24) is 4.90 Å². The molecule has 0 aliphatic heterocycles. The van der Waals surface area contributed by atoms with Crippen LogP contribution in [0.1, 0.15) is 19.4 Å². The first-order chi connectivity index (χ1) is 9.56. The molecular formula is C14H24ClNO6. The van der Waals surface area contributed by atoms with Crippen molar-refractivity contribution < 1.29 is 30.0 Å². The van der Waals surface area contributed by atoms with E-state index in [2.05, 4.69) is 4.90 Å². The van der Waals surface area contributed by atoms with E-state index >= 15 is 0 Å². The van der Waals surface area contributed by atoms with Gasteiger partial charge in [-0.3, -0.25) is 9.59 Å². The second kappa shape index (κ2) is 14.0. The average Bonchev–Trinajstić information content (AvgIpc) is 2.29. The minimum absolute atomic E-state index is 0. The zero-order valence-corrected chi connectivity index (χ0v) is 13.9. The summed E-state index contributed by atoms with van der Waals surface area (Å²) in [5, 5.41) is 33.1. The molecule has 0 spiro atoms. The number of rotatable bonds is 3. The van der Waals surface area contributed by atoms with E-state index in [1.54, 1.807) is 6.07 Å². The van der Waals surface area contributed by atoms with Crippen LogP contribution in [0.25, 0.3) is 0 Å². The summed E-state index contributed by atoms with van der Waals surface area (Å²) in [5.41, 5.74) is 1.03. The van der Waals surface area contributed by atoms with E-state index in [1.807, 2.05) is 20.2 Å². The number of aliphatic carboxylic acids is 2. The first kappa shape index (κ1) is 25.0. The van der Waals surface area contributed by atoms with E-state index in [1.165, 1.54) is 6.07 Å². The van der Waals surface area contributed by atoms with Crippen LogP contribution in [0.4, 0.5) is 0 Å². The Hall–Kier alpha value is -1.99. The number of nitrogens with zero attached hydrogens (tertiary/aromatic N) is 1. The molecule has 1 aromatic rings. The van der Waals surface area contributed by atoms with Gasteiger partial charge in [0.2, 0.25) is 0 Å². The summed E-state index contributed by atoms with van der Waals surface area (Å²) in [4.78, 5) is 20.1. The van der Waals surface area contributed by atoms with E-state index in [-0.39, 0.29) is 23.9 Å². The molecule has 0 aliphatic rings. The molecule has 0 bridgehead atoms. The number of carboxylic acid groups (broad SMARTS) is 2. The first-order valence-electron chi connectivity index (χ1n) is 6.10. The molecule has 0 aromatic heterocycles. The van der Waals surface area contributed by atoms with Gasteiger partial charge in [0.25, 0.3) is 11.9 Å². The number of benzene rings is 1. The highest BCUT2D eigenvalue weighted by atomic mass is 35.5. The van der Waals surface area contributed by atoms with Crippen molar-refractivity contribution in [3.05, 3.63) is 23.8 Å². The maximum atomic E-state index is 9.20. The van der Waals surface area contributed by atoms with Crippen molar-refractivity contribution in [3.8, 4) is 11.5 Å². The van der Waals surface area contributed by atoms with E-state index in [4.69, 9.17) is 24.9 Å². The maximum absolute atomic E-state index is 9.20. The van der Waals surface area contributed by atoms with Crippen molar-refractivity contribution in [2.75, 3.05) is 20.6 Å². The molecule has 0 fully saturated rings. The Balaban J connectivity index is -0.000000338. The standard InChI is InChI=1S/C10H15NO2.2C2H4O2.ClH/c1-11(2)6-5-8-3-4-9(12)10(13)7-8;2*1-2(3)4;/h3-4,7,12-13H,5-6H2,1-2H3;2*1H3,(H,3,4);1H. The van der Waals surface area contributed by atoms with Gasteiger partial charge in [-0.1, -0.05) is 6.07 Å². The Labute approximate surface area is 136 Å². The highest BCUT2D eigenvalue weighted by Crippen LogP contribution is 2.24. The van der Waals surface area contributed by atoms with Crippen molar-refractivity contribution in [2.45, 2.75) is 20.3 Å². The number of halogens is 1. The number of likely N-dealkylation sites (N-methyl/N-ethyl adjacent to an activating group) is 1. The Morgan fingerprint density at radius 1 is 1.00 bits per heavy atom. The molecule has 8 heteroatoms. The molecule has 4 N–H and O–H groups in total. The summed E-state index contributed by atoms with van der Waals surface area (Å²) < 4.78 is 0. The van der Waals surface area contributed by atoms with Crippen molar-refractivity contribution in [2.24, 2.45) is 0 Å². The second-order valence-corrected chi connectivity index (χ2v) is 4.41. The topological polar surface area (TPSA) is 118 Å². The fourth-order valence-corrected chi connectivity index (χ4v) is 1.08. The summed E-state index contributed by atoms with van der Waals surface area (Å²) in [6.07, 6.45) is 0.876. The van der Waals surface area contributed by atoms with E-state index in [9.17, 15) is 5.11 Å². The molecule has 0 radical (unpaired) electrons. The normalized spacial score (nSPS) is 8.59. The van der Waals surface area contributed by atoms with Gasteiger partial charge in [-0.15, -0.1) is 12.4 Å². The molecule has 7 nitrogen and oxygen atoms in total. The molecular weight excluding hydrogens is 314 g/mol. The van der Waals surface area contributed by atoms with Gasteiger partial charge in [0, 0.05) is 20.4 Å². The quantitative estimate of drug-likeness (QED) is 0.621. The van der Waals surface area contributed by atoms with Gasteiger partial charge in [-0.05, 0) is 38.2 Å². The summed E-state index contributed by atoms with van der Waals surface area (Å²) in [6, 6.07) is 4.93. The Kier molecular flexibility index (Phi) is 15.9. The van der Waals surface area contributed by atoms with E-state index < -0.39 is 11.9 Å². The molecule has 0 aliphatic carbocycles. The largest absolute Gasteiger partial charge is 0.504 e. The third-order valence-corrected chi connectivity index (χ3v) is 1.89. The van der Waals surface area contributed by atoms with Crippen LogP contribution in [0.15, 0.2) is 18.2 Å². The van der Waals surface area contributed by atoms with Crippen LogP contribution >= 0.6 is 12.4 Å². The van der Waals surface area contributed by atoms with Crippen LogP contribution < -0.4 is 0 Å². The minimum Gasteiger partial charge on any atom is -0.504 e. The molecule has 0 heterocycles. The summed E-state index contributed by atoms with van der Waals surface area (Å²) in [5.74, 6) is -1.77. The van der Waals surface area contributed by atoms with Crippen LogP contribution in [0.2, 0.25) is 0 Å². The van der Waals surface area contributed by atoms with Crippen molar-refractivity contribution in [3.63, 3.8) is 0 Å². The van der Waals surface area contributed by atoms with Crippen molar-refractivity contribution >= 4 is 24.3 Å². The van der Waals surface area contributed by atoms with Gasteiger partial charge in [-0.2, -0.15) is 0 Å². The number of aromatic hydroxyl groups is 2. The number of phenolic OH excluding ortho intramolecular Hbond substituents is 2. The van der Waals surface area contributed by atoms with Gasteiger partial charge in [0.15, 0.2) is 11.5 Å². The average molecular weight is 338 g/mol. The van der Waals surface area contributed by atoms with Gasteiger partial charge in [0.1, 0.15) is 0 Å². The zero-order valence-electron chi connectivity index (χ0n) is 13.1. The number of carbonyl (C=O) groups is 2. The molecule has 0 atom stereocenters. The lowest BCUT2D eigenvalue weighted by Gasteiger charge is -2.09. The highest BCUT2D eigenvalue weighted by molar-refractivity contribution is 5.85. The summed E-state index contributed by atoms with van der Waals surface area (Å²) >= 11 is 0. The van der Waals surface area contributed by atoms with Gasteiger partial charge < -0.3 is 25.3 Å². The van der Waals surface area contributed by atoms with Crippen molar-refractivity contribution in [1.29, 1.82) is 0 Å². The van der Waals surface area contributed by atoms with Crippen LogP contribution in [0.3, 0.4) is 0 Å². The summed E-state index contributed by atoms with van der Waals surface area (Å²) in [7, 11) is 4.00. The summed E-state index contributed by atoms with van der Waals surface area (Å²) in [6.45, 7) is 3.10. The maximum Gasteiger partial charge on any atom is 0.300 e. The molecule has 22 heavy (non-hydrogen) atoms. The SMILES string of the molecule is CC(=O)O.CC(=O)O.CN(C)CCc1ccc(O)c(O)c1.Cl. The first-order valence-corrected chi connectivity index (χ1v) is 6.10. The lowest BCUT2D eigenvalue weighted by Crippen LogP contribution is -2.14. The third-order valence-electron chi connectivity index (χ3n) is 1.89. The van der Waals surface area contributed by atoms with Gasteiger partial charge in [-0.25, -0.2) is 0 Å². The van der Waals surface area contributed by atoms with Gasteiger partial charge >= 0.3 is 0 Å². The monoisotopic (exact) mass is 337 g/mol. The highest BCUT2D eigenvalue weighted by Gasteiger charge is 2.00. The van der Waals surface area contributed by atoms with Crippen LogP contribution in [-0.4, -0.2) is 57.9 Å². The van der Waals surface area contributed by atoms with E-state index in [0.717, 1.165) is 32.4 Å². The molecule has 0 saturated carbocycles. The smallest absolute Gasteiger partial charge is 0.300 e. The Morgan fingerprint density at radius 2 is 1.41 bits per heavy atom. The van der Waals surface area contributed by atoms with E-state index in [0.29, 0.717) is 0 Å². The van der Waals surface area contributed by atoms with Gasteiger partial charge in [0.05, 0.1) is 0 Å². The molecule has 0 unspecified atom stereocenters. The minimum atomic E-state index is -0.833. The Morgan fingerprint density at radius 3 is 1.73 bits per heavy atom. The molecule has 128 valence electrons. The fraction of sp³-hybridized carbons (Fsp3) is 0.429. The molecule has 0 saturated heterocycles. The fourth-order valence-electron chi connectivity index (χ4n) is 1.08. The van der Waals surface area contributed by atoms with Crippen LogP contribution in [0, 0.1) is 0 Å². The van der Waals surface area contributed by atoms with Crippen LogP contribution in [0.5, 0.6) is 11.5 Å². The third kappa shape index (κ3) is 20.3. The van der Waals surface area contributed by atoms with Crippen LogP contribution in [-0.2, 0) is 16.0 Å². The molecule has 0 amide bonds. The molecule has 1 rings (SSSR count).